The Balaban J connectivity index is 2.18. The zero-order chi connectivity index (χ0) is 14.0. The molecule has 1 heterocycles. The van der Waals surface area contributed by atoms with Gasteiger partial charge in [0.25, 0.3) is 0 Å². The zero-order valence-electron chi connectivity index (χ0n) is 10.3. The minimum atomic E-state index is -1.13. The predicted octanol–water partition coefficient (Wildman–Crippen LogP) is -0.0596. The Morgan fingerprint density at radius 1 is 1.53 bits per heavy atom. The van der Waals surface area contributed by atoms with Crippen molar-refractivity contribution in [2.75, 3.05) is 12.3 Å². The van der Waals surface area contributed by atoms with Crippen LogP contribution in [0.2, 0.25) is 0 Å². The molecule has 7 nitrogen and oxygen atoms in total. The molecule has 19 heavy (non-hydrogen) atoms. The Kier molecular flexibility index (Phi) is 3.68. The number of fused-ring (bicyclic) bond motifs is 1. The van der Waals surface area contributed by atoms with Gasteiger partial charge in [-0.05, 0) is 17.7 Å². The zero-order valence-corrected chi connectivity index (χ0v) is 10.3. The van der Waals surface area contributed by atoms with Gasteiger partial charge in [-0.3, -0.25) is 4.79 Å². The van der Waals surface area contributed by atoms with Crippen LogP contribution in [0.4, 0.5) is 5.82 Å². The molecule has 0 aliphatic heterocycles. The quantitative estimate of drug-likeness (QED) is 0.614. The van der Waals surface area contributed by atoms with Crippen LogP contribution >= 0.6 is 0 Å². The van der Waals surface area contributed by atoms with Crippen LogP contribution in [-0.2, 0) is 4.79 Å². The lowest BCUT2D eigenvalue weighted by molar-refractivity contribution is -0.119. The molecule has 102 valence electrons. The van der Waals surface area contributed by atoms with Crippen LogP contribution in [0.1, 0.15) is 18.6 Å². The fraction of sp³-hybridized carbons (Fsp3) is 0.333. The molecule has 0 radical (unpaired) electrons. The Labute approximate surface area is 109 Å². The number of carbonyl (C=O) groups is 1. The van der Waals surface area contributed by atoms with Gasteiger partial charge >= 0.3 is 0 Å². The van der Waals surface area contributed by atoms with Crippen molar-refractivity contribution in [2.24, 2.45) is 0 Å². The number of benzene rings is 1. The standard InChI is InChI=1S/C12H15N3O4/c1-6(16)14-5-9(17)11(18)7-2-3-10-8(4-7)12(13)15-19-10/h2-4,9,11,17-18H,5H2,1H3,(H2,13,15)(H,14,16). The molecule has 2 rings (SSSR count). The third-order valence-corrected chi connectivity index (χ3v) is 2.79. The number of aliphatic hydroxyl groups excluding tert-OH is 2. The summed E-state index contributed by atoms with van der Waals surface area (Å²) in [6, 6.07) is 4.82. The summed E-state index contributed by atoms with van der Waals surface area (Å²) in [4.78, 5) is 10.8. The maximum Gasteiger partial charge on any atom is 0.216 e. The van der Waals surface area contributed by atoms with Crippen molar-refractivity contribution in [3.05, 3.63) is 23.8 Å². The number of hydrogen-bond acceptors (Lipinski definition) is 6. The molecule has 0 aliphatic rings. The fourth-order valence-electron chi connectivity index (χ4n) is 1.74. The van der Waals surface area contributed by atoms with Crippen molar-refractivity contribution in [2.45, 2.75) is 19.1 Å². The number of nitrogen functional groups attached to an aromatic ring is 1. The van der Waals surface area contributed by atoms with E-state index in [1.54, 1.807) is 18.2 Å². The van der Waals surface area contributed by atoms with Crippen molar-refractivity contribution in [1.29, 1.82) is 0 Å². The number of nitrogens with zero attached hydrogens (tertiary/aromatic N) is 1. The van der Waals surface area contributed by atoms with E-state index in [1.807, 2.05) is 0 Å². The number of nitrogens with one attached hydrogen (secondary N) is 1. The summed E-state index contributed by atoms with van der Waals surface area (Å²) in [5, 5.41) is 26.4. The number of hydrogen-bond donors (Lipinski definition) is 4. The van der Waals surface area contributed by atoms with E-state index in [0.717, 1.165) is 0 Å². The van der Waals surface area contributed by atoms with Crippen LogP contribution in [0, 0.1) is 0 Å². The van der Waals surface area contributed by atoms with E-state index >= 15 is 0 Å². The average molecular weight is 265 g/mol. The van der Waals surface area contributed by atoms with Crippen LogP contribution in [0.15, 0.2) is 22.7 Å². The summed E-state index contributed by atoms with van der Waals surface area (Å²) in [6.07, 6.45) is -2.24. The van der Waals surface area contributed by atoms with Gasteiger partial charge < -0.3 is 25.8 Å². The SMILES string of the molecule is CC(=O)NCC(O)C(O)c1ccc2onc(N)c2c1. The molecule has 2 atom stereocenters. The summed E-state index contributed by atoms with van der Waals surface area (Å²) >= 11 is 0. The highest BCUT2D eigenvalue weighted by Crippen LogP contribution is 2.25. The maximum absolute atomic E-state index is 10.8. The predicted molar refractivity (Wildman–Crippen MR) is 68.1 cm³/mol. The second-order valence-electron chi connectivity index (χ2n) is 4.27. The van der Waals surface area contributed by atoms with Gasteiger partial charge in [0.05, 0.1) is 5.39 Å². The molecular weight excluding hydrogens is 250 g/mol. The molecule has 1 aromatic heterocycles. The number of carbonyl (C=O) groups excluding carboxylic acids is 1. The summed E-state index contributed by atoms with van der Waals surface area (Å²) in [5.74, 6) is -0.0506. The Morgan fingerprint density at radius 3 is 2.95 bits per heavy atom. The molecule has 0 saturated heterocycles. The monoisotopic (exact) mass is 265 g/mol. The lowest BCUT2D eigenvalue weighted by atomic mass is 10.0. The Hall–Kier alpha value is -2.12. The number of aromatic nitrogens is 1. The first-order valence-corrected chi connectivity index (χ1v) is 5.74. The average Bonchev–Trinajstić information content (AvgIpc) is 2.76. The van der Waals surface area contributed by atoms with Gasteiger partial charge in [0, 0.05) is 13.5 Å². The topological polar surface area (TPSA) is 122 Å². The lowest BCUT2D eigenvalue weighted by Crippen LogP contribution is -2.34. The van der Waals surface area contributed by atoms with Crippen molar-refractivity contribution in [3.8, 4) is 0 Å². The first-order valence-electron chi connectivity index (χ1n) is 5.74. The highest BCUT2D eigenvalue weighted by atomic mass is 16.5. The minimum absolute atomic E-state index is 0.0341. The smallest absolute Gasteiger partial charge is 0.216 e. The molecule has 7 heteroatoms. The van der Waals surface area contributed by atoms with Crippen LogP contribution in [0.25, 0.3) is 11.0 Å². The van der Waals surface area contributed by atoms with Crippen LogP contribution < -0.4 is 11.1 Å². The van der Waals surface area contributed by atoms with E-state index in [0.29, 0.717) is 16.5 Å². The summed E-state index contributed by atoms with van der Waals surface area (Å²) in [5.41, 5.74) is 6.59. The van der Waals surface area contributed by atoms with E-state index in [1.165, 1.54) is 6.92 Å². The van der Waals surface area contributed by atoms with Crippen molar-refractivity contribution < 1.29 is 19.5 Å². The van der Waals surface area contributed by atoms with Gasteiger partial charge in [-0.15, -0.1) is 0 Å². The Bertz CT molecular complexity index is 596. The maximum atomic E-state index is 10.8. The normalized spacial score (nSPS) is 14.3. The molecule has 0 saturated carbocycles. The number of nitrogens with two attached hydrogens (primary N) is 1. The van der Waals surface area contributed by atoms with Crippen LogP contribution in [0.5, 0.6) is 0 Å². The Morgan fingerprint density at radius 2 is 2.26 bits per heavy atom. The molecule has 2 unspecified atom stereocenters. The van der Waals surface area contributed by atoms with Crippen LogP contribution in [0.3, 0.4) is 0 Å². The first kappa shape index (κ1) is 13.3. The molecule has 0 aliphatic carbocycles. The second kappa shape index (κ2) is 5.25. The van der Waals surface area contributed by atoms with E-state index in [2.05, 4.69) is 10.5 Å². The molecule has 0 bridgehead atoms. The van der Waals surface area contributed by atoms with E-state index in [4.69, 9.17) is 10.3 Å². The van der Waals surface area contributed by atoms with Gasteiger partial charge in [0.15, 0.2) is 11.4 Å². The number of rotatable bonds is 4. The third kappa shape index (κ3) is 2.83. The summed E-state index contributed by atoms with van der Waals surface area (Å²) in [7, 11) is 0. The number of amides is 1. The van der Waals surface area contributed by atoms with Gasteiger partial charge in [-0.2, -0.15) is 0 Å². The number of aliphatic hydroxyl groups is 2. The second-order valence-corrected chi connectivity index (χ2v) is 4.27. The van der Waals surface area contributed by atoms with Gasteiger partial charge in [-0.25, -0.2) is 0 Å². The molecule has 2 aromatic rings. The minimum Gasteiger partial charge on any atom is -0.388 e. The molecule has 5 N–H and O–H groups in total. The molecule has 1 amide bonds. The van der Waals surface area contributed by atoms with E-state index < -0.39 is 12.2 Å². The molecule has 1 aromatic carbocycles. The summed E-state index contributed by atoms with van der Waals surface area (Å²) in [6.45, 7) is 1.30. The van der Waals surface area contributed by atoms with Crippen molar-refractivity contribution >= 4 is 22.7 Å². The van der Waals surface area contributed by atoms with Gasteiger partial charge in [0.2, 0.25) is 5.91 Å². The first-order chi connectivity index (χ1) is 8.99. The van der Waals surface area contributed by atoms with Crippen molar-refractivity contribution in [1.82, 2.24) is 10.5 Å². The third-order valence-electron chi connectivity index (χ3n) is 2.79. The highest BCUT2D eigenvalue weighted by Gasteiger charge is 2.19. The fourth-order valence-corrected chi connectivity index (χ4v) is 1.74. The van der Waals surface area contributed by atoms with E-state index in [-0.39, 0.29) is 18.3 Å². The highest BCUT2D eigenvalue weighted by molar-refractivity contribution is 5.87. The molecule has 0 spiro atoms. The largest absolute Gasteiger partial charge is 0.388 e. The summed E-state index contributed by atoms with van der Waals surface area (Å²) < 4.78 is 4.95. The van der Waals surface area contributed by atoms with Crippen molar-refractivity contribution in [3.63, 3.8) is 0 Å². The molecule has 0 fully saturated rings. The van der Waals surface area contributed by atoms with E-state index in [9.17, 15) is 15.0 Å². The van der Waals surface area contributed by atoms with Gasteiger partial charge in [0.1, 0.15) is 12.2 Å². The molecular formula is C12H15N3O4. The number of anilines is 1. The lowest BCUT2D eigenvalue weighted by Gasteiger charge is -2.18. The van der Waals surface area contributed by atoms with Gasteiger partial charge in [-0.1, -0.05) is 11.2 Å². The van der Waals surface area contributed by atoms with Crippen LogP contribution in [-0.4, -0.2) is 33.9 Å².